The van der Waals surface area contributed by atoms with E-state index in [4.69, 9.17) is 0 Å². The van der Waals surface area contributed by atoms with Crippen molar-refractivity contribution in [1.82, 2.24) is 13.4 Å². The predicted octanol–water partition coefficient (Wildman–Crippen LogP) is 17.8. The maximum atomic E-state index is 2.65. The topological polar surface area (TPSA) is 13.8 Å². The highest BCUT2D eigenvalue weighted by molar-refractivity contribution is 6.38. The van der Waals surface area contributed by atoms with Crippen molar-refractivity contribution in [2.24, 2.45) is 0 Å². The van der Waals surface area contributed by atoms with Crippen LogP contribution in [0.15, 0.2) is 158 Å². The molecule has 0 atom stereocenters. The normalized spacial score (nSPS) is 13.4. The molecule has 0 radical (unpaired) electrons. The van der Waals surface area contributed by atoms with Gasteiger partial charge in [0.1, 0.15) is 0 Å². The van der Waals surface area contributed by atoms with Crippen molar-refractivity contribution in [2.45, 2.75) is 78.6 Å². The van der Waals surface area contributed by atoms with Crippen LogP contribution in [0, 0.1) is 0 Å². The molecule has 5 aromatic heterocycles. The Hall–Kier alpha value is -7.36. The summed E-state index contributed by atoms with van der Waals surface area (Å²) < 4.78 is 7.67. The molecule has 14 aromatic rings. The summed E-state index contributed by atoms with van der Waals surface area (Å²) in [5.74, 6) is 0. The first-order valence-electron chi connectivity index (χ1n) is 24.1. The van der Waals surface area contributed by atoms with Crippen LogP contribution in [0.2, 0.25) is 0 Å². The summed E-state index contributed by atoms with van der Waals surface area (Å²) in [6.07, 6.45) is 0. The summed E-state index contributed by atoms with van der Waals surface area (Å²) in [5, 5.41) is 15.8. The molecule has 0 spiro atoms. The average Bonchev–Trinajstić information content (AvgIpc) is 4.10. The van der Waals surface area contributed by atoms with Crippen LogP contribution in [0.5, 0.6) is 0 Å². The van der Waals surface area contributed by atoms with Crippen molar-refractivity contribution in [3.63, 3.8) is 0 Å². The van der Waals surface area contributed by atoms with Crippen LogP contribution in [0.25, 0.3) is 126 Å². The fourth-order valence-electron chi connectivity index (χ4n) is 12.1. The molecule has 3 nitrogen and oxygen atoms in total. The number of rotatable bonds is 2. The second kappa shape index (κ2) is 12.7. The third kappa shape index (κ3) is 5.12. The predicted molar refractivity (Wildman–Crippen MR) is 289 cm³/mol. The molecule has 0 aliphatic rings. The Morgan fingerprint density at radius 1 is 0.313 bits per heavy atom. The van der Waals surface area contributed by atoms with Crippen LogP contribution < -0.4 is 0 Å². The van der Waals surface area contributed by atoms with Gasteiger partial charge in [0.05, 0.1) is 44.1 Å². The molecular formula is C64H53N3. The smallest absolute Gasteiger partial charge is 0.0627 e. The van der Waals surface area contributed by atoms with E-state index < -0.39 is 0 Å². The largest absolute Gasteiger partial charge is 0.309 e. The van der Waals surface area contributed by atoms with E-state index in [9.17, 15) is 0 Å². The number of aromatic nitrogens is 3. The van der Waals surface area contributed by atoms with Gasteiger partial charge in [-0.25, -0.2) is 0 Å². The van der Waals surface area contributed by atoms with Crippen LogP contribution in [-0.2, 0) is 16.2 Å². The quantitative estimate of drug-likeness (QED) is 0.164. The number of hydrogen-bond acceptors (Lipinski definition) is 0. The zero-order chi connectivity index (χ0) is 45.6. The maximum absolute atomic E-state index is 2.65. The SMILES string of the molecule is CC(C)(C)c1ccc2c(c1)c1c3ccccc3cc3c4c5c6cc(C(C)(C)C)cc7c8cc(C(C)(C)C)cc(-c9ccc%10c(c9)c9ccccc9n%10-c9ccccc9)c8n(c5ccc4n2c31)c76. The second-order valence-corrected chi connectivity index (χ2v) is 22.6. The molecule has 0 aliphatic heterocycles. The molecule has 0 unspecified atom stereocenters. The van der Waals surface area contributed by atoms with Gasteiger partial charge < -0.3 is 13.4 Å². The summed E-state index contributed by atoms with van der Waals surface area (Å²) in [7, 11) is 0. The summed E-state index contributed by atoms with van der Waals surface area (Å²) >= 11 is 0. The fourth-order valence-corrected chi connectivity index (χ4v) is 12.1. The minimum atomic E-state index is -0.0660. The van der Waals surface area contributed by atoms with Gasteiger partial charge in [0.2, 0.25) is 0 Å². The van der Waals surface area contributed by atoms with Crippen molar-refractivity contribution < 1.29 is 0 Å². The molecule has 5 heterocycles. The molecular weight excluding hydrogens is 811 g/mol. The lowest BCUT2D eigenvalue weighted by molar-refractivity contribution is 0.591. The first-order chi connectivity index (χ1) is 32.1. The Bertz CT molecular complexity index is 4410. The monoisotopic (exact) mass is 863 g/mol. The maximum Gasteiger partial charge on any atom is 0.0627 e. The fraction of sp³-hybridized carbons (Fsp3) is 0.188. The van der Waals surface area contributed by atoms with Gasteiger partial charge in [-0.15, -0.1) is 0 Å². The highest BCUT2D eigenvalue weighted by Crippen LogP contribution is 2.51. The average molecular weight is 864 g/mol. The van der Waals surface area contributed by atoms with E-state index >= 15 is 0 Å². The minimum Gasteiger partial charge on any atom is -0.309 e. The van der Waals surface area contributed by atoms with E-state index in [1.54, 1.807) is 0 Å². The number of hydrogen-bond donors (Lipinski definition) is 0. The van der Waals surface area contributed by atoms with Gasteiger partial charge in [0.25, 0.3) is 0 Å². The number of para-hydroxylation sites is 2. The van der Waals surface area contributed by atoms with Crippen LogP contribution in [0.3, 0.4) is 0 Å². The Morgan fingerprint density at radius 2 is 0.866 bits per heavy atom. The molecule has 0 N–H and O–H groups in total. The van der Waals surface area contributed by atoms with E-state index in [-0.39, 0.29) is 16.2 Å². The Balaban J connectivity index is 1.17. The Kier molecular flexibility index (Phi) is 7.39. The van der Waals surface area contributed by atoms with E-state index in [2.05, 4.69) is 233 Å². The van der Waals surface area contributed by atoms with Gasteiger partial charge >= 0.3 is 0 Å². The van der Waals surface area contributed by atoms with Crippen LogP contribution in [-0.4, -0.2) is 13.4 Å². The first kappa shape index (κ1) is 38.9. The third-order valence-corrected chi connectivity index (χ3v) is 15.5. The minimum absolute atomic E-state index is 0.0395. The molecule has 67 heavy (non-hydrogen) atoms. The molecule has 0 bridgehead atoms. The standard InChI is InChI=1S/C64H53N3/c1-62(2,3)38-24-26-53-48(31-38)56-42-20-14-13-17-36(42)30-49-57-54(66(53)61(49)56)27-28-55-58(57)50-35-40(64(7,8)9)34-47-46-33-39(63(4,5)6)32-44(59(46)67(55)60(47)50)37-23-25-52-45(29-37)43-21-15-16-22-51(43)65(52)41-18-11-10-12-19-41/h10-35H,1-9H3. The Morgan fingerprint density at radius 3 is 1.60 bits per heavy atom. The molecule has 0 saturated heterocycles. The van der Waals surface area contributed by atoms with Crippen molar-refractivity contribution in [1.29, 1.82) is 0 Å². The second-order valence-electron chi connectivity index (χ2n) is 22.6. The molecule has 9 aromatic carbocycles. The lowest BCUT2D eigenvalue weighted by atomic mass is 9.83. The van der Waals surface area contributed by atoms with Gasteiger partial charge in [0, 0.05) is 65.1 Å². The highest BCUT2D eigenvalue weighted by atomic mass is 15.0. The van der Waals surface area contributed by atoms with Gasteiger partial charge in [-0.3, -0.25) is 0 Å². The lowest BCUT2D eigenvalue weighted by Gasteiger charge is -2.22. The molecule has 0 aliphatic carbocycles. The zero-order valence-corrected chi connectivity index (χ0v) is 39.9. The van der Waals surface area contributed by atoms with Gasteiger partial charge in [0.15, 0.2) is 0 Å². The summed E-state index contributed by atoms with van der Waals surface area (Å²) in [6.45, 7) is 21.2. The molecule has 0 amide bonds. The zero-order valence-electron chi connectivity index (χ0n) is 39.9. The Labute approximate surface area is 390 Å². The van der Waals surface area contributed by atoms with Gasteiger partial charge in [-0.2, -0.15) is 0 Å². The van der Waals surface area contributed by atoms with Crippen LogP contribution in [0.1, 0.15) is 79.0 Å². The summed E-state index contributed by atoms with van der Waals surface area (Å²) in [6, 6.07) is 60.6. The highest BCUT2D eigenvalue weighted by Gasteiger charge is 2.30. The molecule has 0 saturated carbocycles. The lowest BCUT2D eigenvalue weighted by Crippen LogP contribution is -2.11. The molecule has 324 valence electrons. The number of nitrogens with zero attached hydrogens (tertiary/aromatic N) is 3. The van der Waals surface area contributed by atoms with Gasteiger partial charge in [-0.1, -0.05) is 135 Å². The van der Waals surface area contributed by atoms with Crippen molar-refractivity contribution in [2.75, 3.05) is 0 Å². The van der Waals surface area contributed by atoms with E-state index in [1.807, 2.05) is 0 Å². The van der Waals surface area contributed by atoms with Gasteiger partial charge in [-0.05, 0) is 134 Å². The summed E-state index contributed by atoms with van der Waals surface area (Å²) in [5.41, 5.74) is 17.8. The van der Waals surface area contributed by atoms with E-state index in [0.29, 0.717) is 0 Å². The van der Waals surface area contributed by atoms with Crippen LogP contribution >= 0.6 is 0 Å². The van der Waals surface area contributed by atoms with E-state index in [1.165, 1.54) is 142 Å². The van der Waals surface area contributed by atoms with Crippen molar-refractivity contribution in [3.8, 4) is 16.8 Å². The van der Waals surface area contributed by atoms with Crippen molar-refractivity contribution >= 4 is 109 Å². The molecule has 14 rings (SSSR count). The van der Waals surface area contributed by atoms with Crippen molar-refractivity contribution in [3.05, 3.63) is 174 Å². The van der Waals surface area contributed by atoms with E-state index in [0.717, 1.165) is 0 Å². The number of fused-ring (bicyclic) bond motifs is 18. The number of benzene rings is 9. The molecule has 0 fully saturated rings. The molecule has 3 heteroatoms. The first-order valence-corrected chi connectivity index (χ1v) is 24.1. The van der Waals surface area contributed by atoms with Crippen LogP contribution in [0.4, 0.5) is 0 Å². The summed E-state index contributed by atoms with van der Waals surface area (Å²) in [4.78, 5) is 0. The third-order valence-electron chi connectivity index (χ3n) is 15.5.